The summed E-state index contributed by atoms with van der Waals surface area (Å²) in [7, 11) is 1.56. The number of nitriles is 1. The van der Waals surface area contributed by atoms with Gasteiger partial charge in [0.05, 0.1) is 24.3 Å². The second-order valence-electron chi connectivity index (χ2n) is 2.97. The van der Waals surface area contributed by atoms with Crippen LogP contribution in [0.2, 0.25) is 0 Å². The zero-order valence-corrected chi connectivity index (χ0v) is 9.28. The van der Waals surface area contributed by atoms with Crippen molar-refractivity contribution in [3.8, 4) is 22.4 Å². The highest BCUT2D eigenvalue weighted by Crippen LogP contribution is 2.33. The molecule has 0 unspecified atom stereocenters. The fourth-order valence-corrected chi connectivity index (χ4v) is 1.92. The van der Waals surface area contributed by atoms with E-state index in [4.69, 9.17) is 15.7 Å². The Morgan fingerprint density at radius 1 is 1.44 bits per heavy atom. The first-order valence-electron chi connectivity index (χ1n) is 4.42. The first kappa shape index (κ1) is 10.4. The average molecular weight is 232 g/mol. The highest BCUT2D eigenvalue weighted by molar-refractivity contribution is 7.18. The van der Waals surface area contributed by atoms with Crippen molar-refractivity contribution in [2.24, 2.45) is 0 Å². The molecule has 0 radical (unpaired) electrons. The molecule has 6 heteroatoms. The summed E-state index contributed by atoms with van der Waals surface area (Å²) < 4.78 is 5.20. The number of nitrogens with two attached hydrogens (primary N) is 1. The Morgan fingerprint density at radius 3 is 2.81 bits per heavy atom. The first-order chi connectivity index (χ1) is 7.74. The van der Waals surface area contributed by atoms with Gasteiger partial charge in [0, 0.05) is 0 Å². The van der Waals surface area contributed by atoms with Gasteiger partial charge >= 0.3 is 0 Å². The van der Waals surface area contributed by atoms with Crippen LogP contribution in [-0.4, -0.2) is 17.3 Å². The van der Waals surface area contributed by atoms with E-state index in [1.165, 1.54) is 11.3 Å². The van der Waals surface area contributed by atoms with E-state index in [1.807, 2.05) is 0 Å². The molecule has 0 aliphatic rings. The number of methoxy groups -OCH3 is 1. The SMILES string of the molecule is COc1ccc(C#N)cc1-c1nnc(N)s1. The molecule has 2 aromatic rings. The summed E-state index contributed by atoms with van der Waals surface area (Å²) in [6.07, 6.45) is 0. The Labute approximate surface area is 96.1 Å². The predicted molar refractivity (Wildman–Crippen MR) is 61.0 cm³/mol. The minimum Gasteiger partial charge on any atom is -0.496 e. The van der Waals surface area contributed by atoms with Crippen molar-refractivity contribution in [2.45, 2.75) is 0 Å². The van der Waals surface area contributed by atoms with Gasteiger partial charge in [-0.15, -0.1) is 10.2 Å². The van der Waals surface area contributed by atoms with E-state index in [9.17, 15) is 0 Å². The third-order valence-corrected chi connectivity index (χ3v) is 2.79. The van der Waals surface area contributed by atoms with E-state index >= 15 is 0 Å². The van der Waals surface area contributed by atoms with E-state index in [1.54, 1.807) is 25.3 Å². The molecule has 1 aromatic heterocycles. The Morgan fingerprint density at radius 2 is 2.25 bits per heavy atom. The lowest BCUT2D eigenvalue weighted by atomic mass is 10.1. The van der Waals surface area contributed by atoms with Gasteiger partial charge < -0.3 is 10.5 Å². The maximum absolute atomic E-state index is 8.83. The third kappa shape index (κ3) is 1.81. The van der Waals surface area contributed by atoms with Crippen molar-refractivity contribution in [3.05, 3.63) is 23.8 Å². The minimum atomic E-state index is 0.388. The molecule has 0 aliphatic carbocycles. The molecule has 2 N–H and O–H groups in total. The summed E-state index contributed by atoms with van der Waals surface area (Å²) >= 11 is 1.26. The smallest absolute Gasteiger partial charge is 0.203 e. The van der Waals surface area contributed by atoms with Gasteiger partial charge in [-0.2, -0.15) is 5.26 Å². The van der Waals surface area contributed by atoms with Crippen LogP contribution in [0, 0.1) is 11.3 Å². The predicted octanol–water partition coefficient (Wildman–Crippen LogP) is 1.67. The van der Waals surface area contributed by atoms with Gasteiger partial charge in [-0.05, 0) is 18.2 Å². The Bertz CT molecular complexity index is 558. The highest BCUT2D eigenvalue weighted by atomic mass is 32.1. The number of nitrogens with zero attached hydrogens (tertiary/aromatic N) is 3. The van der Waals surface area contributed by atoms with Gasteiger partial charge in [0.2, 0.25) is 5.13 Å². The molecular weight excluding hydrogens is 224 g/mol. The van der Waals surface area contributed by atoms with Crippen LogP contribution in [0.4, 0.5) is 5.13 Å². The second kappa shape index (κ2) is 4.16. The Hall–Kier alpha value is -2.13. The van der Waals surface area contributed by atoms with E-state index in [0.717, 1.165) is 5.56 Å². The molecular formula is C10H8N4OS. The summed E-state index contributed by atoms with van der Waals surface area (Å²) in [6.45, 7) is 0. The van der Waals surface area contributed by atoms with Gasteiger partial charge in [-0.25, -0.2) is 0 Å². The largest absolute Gasteiger partial charge is 0.496 e. The number of hydrogen-bond acceptors (Lipinski definition) is 6. The number of aromatic nitrogens is 2. The van der Waals surface area contributed by atoms with Crippen LogP contribution in [0.5, 0.6) is 5.75 Å². The van der Waals surface area contributed by atoms with Crippen molar-refractivity contribution in [1.29, 1.82) is 5.26 Å². The topological polar surface area (TPSA) is 84.8 Å². The normalized spacial score (nSPS) is 9.75. The molecule has 0 atom stereocenters. The van der Waals surface area contributed by atoms with Gasteiger partial charge in [-0.3, -0.25) is 0 Å². The summed E-state index contributed by atoms with van der Waals surface area (Å²) in [5, 5.41) is 17.5. The molecule has 1 heterocycles. The van der Waals surface area contributed by atoms with Gasteiger partial charge in [0.25, 0.3) is 0 Å². The van der Waals surface area contributed by atoms with Crippen LogP contribution in [0.15, 0.2) is 18.2 Å². The standard InChI is InChI=1S/C10H8N4OS/c1-15-8-3-2-6(5-11)4-7(8)9-13-14-10(12)16-9/h2-4H,1H3,(H2,12,14). The lowest BCUT2D eigenvalue weighted by molar-refractivity contribution is 0.416. The quantitative estimate of drug-likeness (QED) is 0.851. The lowest BCUT2D eigenvalue weighted by Crippen LogP contribution is -1.88. The van der Waals surface area contributed by atoms with Gasteiger partial charge in [-0.1, -0.05) is 11.3 Å². The molecule has 5 nitrogen and oxygen atoms in total. The monoisotopic (exact) mass is 232 g/mol. The summed E-state index contributed by atoms with van der Waals surface area (Å²) in [6, 6.07) is 7.19. The molecule has 2 rings (SSSR count). The lowest BCUT2D eigenvalue weighted by Gasteiger charge is -2.04. The number of rotatable bonds is 2. The van der Waals surface area contributed by atoms with Crippen molar-refractivity contribution in [1.82, 2.24) is 10.2 Å². The fraction of sp³-hybridized carbons (Fsp3) is 0.100. The van der Waals surface area contributed by atoms with Crippen LogP contribution in [0.3, 0.4) is 0 Å². The Kier molecular flexibility index (Phi) is 2.70. The molecule has 80 valence electrons. The van der Waals surface area contributed by atoms with E-state index in [2.05, 4.69) is 16.3 Å². The zero-order chi connectivity index (χ0) is 11.5. The summed E-state index contributed by atoms with van der Waals surface area (Å²) in [5.74, 6) is 0.648. The molecule has 0 bridgehead atoms. The number of anilines is 1. The third-order valence-electron chi connectivity index (χ3n) is 2.00. The molecule has 0 saturated carbocycles. The van der Waals surface area contributed by atoms with Crippen molar-refractivity contribution in [3.63, 3.8) is 0 Å². The molecule has 0 spiro atoms. The first-order valence-corrected chi connectivity index (χ1v) is 5.23. The highest BCUT2D eigenvalue weighted by Gasteiger charge is 2.11. The summed E-state index contributed by atoms with van der Waals surface area (Å²) in [4.78, 5) is 0. The molecule has 1 aromatic carbocycles. The van der Waals surface area contributed by atoms with Crippen LogP contribution in [-0.2, 0) is 0 Å². The zero-order valence-electron chi connectivity index (χ0n) is 8.47. The molecule has 0 aliphatic heterocycles. The van der Waals surface area contributed by atoms with E-state index in [0.29, 0.717) is 21.5 Å². The second-order valence-corrected chi connectivity index (χ2v) is 3.98. The van der Waals surface area contributed by atoms with Crippen LogP contribution >= 0.6 is 11.3 Å². The molecule has 0 amide bonds. The number of hydrogen-bond donors (Lipinski definition) is 1. The van der Waals surface area contributed by atoms with Crippen molar-refractivity contribution in [2.75, 3.05) is 12.8 Å². The number of nitrogen functional groups attached to an aromatic ring is 1. The Balaban J connectivity index is 2.57. The summed E-state index contributed by atoms with van der Waals surface area (Å²) in [5.41, 5.74) is 6.80. The molecule has 0 saturated heterocycles. The van der Waals surface area contributed by atoms with E-state index < -0.39 is 0 Å². The minimum absolute atomic E-state index is 0.388. The van der Waals surface area contributed by atoms with Gasteiger partial charge in [0.15, 0.2) is 5.01 Å². The number of benzene rings is 1. The fourth-order valence-electron chi connectivity index (χ4n) is 1.29. The van der Waals surface area contributed by atoms with Crippen molar-refractivity contribution < 1.29 is 4.74 Å². The van der Waals surface area contributed by atoms with Crippen LogP contribution < -0.4 is 10.5 Å². The molecule has 0 fully saturated rings. The maximum atomic E-state index is 8.83. The van der Waals surface area contributed by atoms with E-state index in [-0.39, 0.29) is 0 Å². The van der Waals surface area contributed by atoms with Crippen molar-refractivity contribution >= 4 is 16.5 Å². The number of ether oxygens (including phenoxy) is 1. The average Bonchev–Trinajstić information content (AvgIpc) is 2.75. The van der Waals surface area contributed by atoms with Gasteiger partial charge in [0.1, 0.15) is 5.75 Å². The van der Waals surface area contributed by atoms with Crippen LogP contribution in [0.25, 0.3) is 10.6 Å². The van der Waals surface area contributed by atoms with Crippen LogP contribution in [0.1, 0.15) is 5.56 Å². The maximum Gasteiger partial charge on any atom is 0.203 e. The molecule has 16 heavy (non-hydrogen) atoms.